The summed E-state index contributed by atoms with van der Waals surface area (Å²) < 4.78 is 57.4. The molecule has 0 bridgehead atoms. The molecule has 1 N–H and O–H groups in total. The average molecular weight is 574 g/mol. The van der Waals surface area contributed by atoms with E-state index in [9.17, 15) is 17.6 Å². The van der Waals surface area contributed by atoms with Crippen LogP contribution in [0.4, 0.5) is 10.2 Å². The van der Waals surface area contributed by atoms with Crippen LogP contribution in [0.5, 0.6) is 0 Å². The van der Waals surface area contributed by atoms with Crippen LogP contribution in [0.2, 0.25) is 0 Å². The van der Waals surface area contributed by atoms with Crippen LogP contribution in [0.25, 0.3) is 22.4 Å². The Morgan fingerprint density at radius 3 is 2.52 bits per heavy atom. The highest BCUT2D eigenvalue weighted by Crippen LogP contribution is 2.36. The quantitative estimate of drug-likeness (QED) is 0.290. The molecule has 1 unspecified atom stereocenters. The Kier molecular flexibility index (Phi) is 10.6. The van der Waals surface area contributed by atoms with Gasteiger partial charge in [-0.25, -0.2) is 12.8 Å². The molecular weight excluding hydrogens is 537 g/mol. The first-order valence-corrected chi connectivity index (χ1v) is 14.7. The lowest BCUT2D eigenvalue weighted by Gasteiger charge is -2.24. The summed E-state index contributed by atoms with van der Waals surface area (Å²) in [7, 11) is 0.943. The van der Waals surface area contributed by atoms with Crippen LogP contribution in [0.15, 0.2) is 58.6 Å². The molecule has 0 aliphatic carbocycles. The highest BCUT2D eigenvalue weighted by Gasteiger charge is 2.27. The largest absolute Gasteiger partial charge is 0.437 e. The number of aryl methyl sites for hydroxylation is 1. The summed E-state index contributed by atoms with van der Waals surface area (Å²) in [5, 5.41) is 3.05. The SMILES string of the molecule is CCc1cc2c(C(=O)NC)c(-c3ccc(F)cc3)oc2nc1N(CCC(/C=C\C(C)OC)=C/COC)S(C)(=O)=O. The number of carbonyl (C=O) groups excluding carboxylic acids is 1. The number of carbonyl (C=O) groups is 1. The van der Waals surface area contributed by atoms with Gasteiger partial charge in [-0.1, -0.05) is 25.2 Å². The lowest BCUT2D eigenvalue weighted by Crippen LogP contribution is -2.32. The van der Waals surface area contributed by atoms with Gasteiger partial charge in [0.15, 0.2) is 0 Å². The maximum absolute atomic E-state index is 13.6. The molecule has 1 aromatic carbocycles. The van der Waals surface area contributed by atoms with Gasteiger partial charge in [0.1, 0.15) is 17.4 Å². The molecule has 1 atom stereocenters. The maximum atomic E-state index is 13.6. The highest BCUT2D eigenvalue weighted by atomic mass is 32.2. The lowest BCUT2D eigenvalue weighted by atomic mass is 10.0. The van der Waals surface area contributed by atoms with Crippen molar-refractivity contribution in [2.24, 2.45) is 0 Å². The van der Waals surface area contributed by atoms with Gasteiger partial charge >= 0.3 is 0 Å². The standard InChI is InChI=1S/C29H36FN3O6S/c1-7-21-18-24-25(28(34)31-3)26(22-10-12-23(30)13-11-22)39-29(24)32-27(21)33(40(6,35)36)16-14-20(15-17-37-4)9-8-19(2)38-5/h8-13,15,18-19H,7,14,16-17H2,1-6H3,(H,31,34)/b9-8-,20-15+. The highest BCUT2D eigenvalue weighted by molar-refractivity contribution is 7.92. The fourth-order valence-electron chi connectivity index (χ4n) is 4.13. The summed E-state index contributed by atoms with van der Waals surface area (Å²) in [5.41, 5.74) is 2.33. The zero-order chi connectivity index (χ0) is 29.4. The number of rotatable bonds is 13. The van der Waals surface area contributed by atoms with E-state index in [0.29, 0.717) is 36.0 Å². The van der Waals surface area contributed by atoms with Crippen LogP contribution in [-0.4, -0.2) is 66.1 Å². The van der Waals surface area contributed by atoms with Crippen molar-refractivity contribution in [1.29, 1.82) is 0 Å². The minimum absolute atomic E-state index is 0.0998. The van der Waals surface area contributed by atoms with Crippen molar-refractivity contribution in [3.8, 4) is 11.3 Å². The number of furan rings is 1. The van der Waals surface area contributed by atoms with Crippen LogP contribution in [0, 0.1) is 5.82 Å². The second-order valence-corrected chi connectivity index (χ2v) is 11.1. The van der Waals surface area contributed by atoms with Crippen molar-refractivity contribution in [3.63, 3.8) is 0 Å². The van der Waals surface area contributed by atoms with Crippen LogP contribution in [0.3, 0.4) is 0 Å². The van der Waals surface area contributed by atoms with Crippen LogP contribution < -0.4 is 9.62 Å². The first-order chi connectivity index (χ1) is 19.0. The number of sulfonamides is 1. The van der Waals surface area contributed by atoms with Gasteiger partial charge in [-0.2, -0.15) is 4.98 Å². The molecule has 0 aliphatic heterocycles. The van der Waals surface area contributed by atoms with Gasteiger partial charge < -0.3 is 19.2 Å². The molecule has 11 heteroatoms. The summed E-state index contributed by atoms with van der Waals surface area (Å²) in [5.74, 6) is -0.390. The Labute approximate surface area is 234 Å². The van der Waals surface area contributed by atoms with Crippen LogP contribution in [-0.2, 0) is 25.9 Å². The third kappa shape index (κ3) is 7.35. The minimum atomic E-state index is -3.75. The molecule has 40 heavy (non-hydrogen) atoms. The van der Waals surface area contributed by atoms with Crippen molar-refractivity contribution in [3.05, 3.63) is 71.1 Å². The number of aromatic nitrogens is 1. The topological polar surface area (TPSA) is 111 Å². The monoisotopic (exact) mass is 573 g/mol. The van der Waals surface area contributed by atoms with E-state index in [1.54, 1.807) is 20.3 Å². The van der Waals surface area contributed by atoms with Gasteiger partial charge in [-0.3, -0.25) is 9.10 Å². The third-order valence-corrected chi connectivity index (χ3v) is 7.54. The molecule has 0 radical (unpaired) electrons. The molecule has 1 amide bonds. The zero-order valence-electron chi connectivity index (χ0n) is 23.7. The molecule has 2 heterocycles. The molecule has 0 spiro atoms. The number of hydrogen-bond acceptors (Lipinski definition) is 7. The fourth-order valence-corrected chi connectivity index (χ4v) is 5.02. The number of nitrogens with zero attached hydrogens (tertiary/aromatic N) is 2. The van der Waals surface area contributed by atoms with Crippen molar-refractivity contribution < 1.29 is 31.5 Å². The number of fused-ring (bicyclic) bond motifs is 1. The summed E-state index contributed by atoms with van der Waals surface area (Å²) in [6.45, 7) is 4.26. The Morgan fingerprint density at radius 1 is 1.25 bits per heavy atom. The van der Waals surface area contributed by atoms with E-state index in [2.05, 4.69) is 10.3 Å². The zero-order valence-corrected chi connectivity index (χ0v) is 24.5. The molecule has 0 aliphatic rings. The number of halogens is 1. The molecule has 2 aromatic heterocycles. The molecule has 3 aromatic rings. The molecule has 0 fully saturated rings. The fraction of sp³-hybridized carbons (Fsp3) is 0.379. The van der Waals surface area contributed by atoms with E-state index in [0.717, 1.165) is 11.8 Å². The van der Waals surface area contributed by atoms with Gasteiger partial charge in [0.25, 0.3) is 5.91 Å². The van der Waals surface area contributed by atoms with Crippen molar-refractivity contribution >= 4 is 32.8 Å². The predicted octanol–water partition coefficient (Wildman–Crippen LogP) is 4.88. The summed E-state index contributed by atoms with van der Waals surface area (Å²) >= 11 is 0. The lowest BCUT2D eigenvalue weighted by molar-refractivity contribution is 0.0964. The summed E-state index contributed by atoms with van der Waals surface area (Å²) in [6, 6.07) is 7.30. The van der Waals surface area contributed by atoms with E-state index in [-0.39, 0.29) is 35.5 Å². The second-order valence-electron chi connectivity index (χ2n) is 9.19. The van der Waals surface area contributed by atoms with Crippen molar-refractivity contribution in [1.82, 2.24) is 10.3 Å². The Bertz CT molecular complexity index is 1500. The molecule has 0 saturated carbocycles. The van der Waals surface area contributed by atoms with Gasteiger partial charge in [0, 0.05) is 33.4 Å². The van der Waals surface area contributed by atoms with E-state index < -0.39 is 21.7 Å². The third-order valence-electron chi connectivity index (χ3n) is 6.39. The van der Waals surface area contributed by atoms with E-state index >= 15 is 0 Å². The van der Waals surface area contributed by atoms with Crippen molar-refractivity contribution in [2.45, 2.75) is 32.8 Å². The number of allylic oxidation sites excluding steroid dienone is 1. The molecule has 216 valence electrons. The Morgan fingerprint density at radius 2 is 1.95 bits per heavy atom. The maximum Gasteiger partial charge on any atom is 0.255 e. The normalized spacial score (nSPS) is 13.2. The average Bonchev–Trinajstić information content (AvgIpc) is 3.30. The number of benzene rings is 1. The van der Waals surface area contributed by atoms with Gasteiger partial charge in [-0.05, 0) is 61.2 Å². The van der Waals surface area contributed by atoms with E-state index in [1.165, 1.54) is 35.6 Å². The number of nitrogens with one attached hydrogen (secondary N) is 1. The number of pyridine rings is 1. The molecular formula is C29H36FN3O6S. The van der Waals surface area contributed by atoms with Gasteiger partial charge in [0.05, 0.1) is 29.9 Å². The van der Waals surface area contributed by atoms with Gasteiger partial charge in [-0.15, -0.1) is 0 Å². The minimum Gasteiger partial charge on any atom is -0.437 e. The number of anilines is 1. The molecule has 0 saturated heterocycles. The number of hydrogen-bond donors (Lipinski definition) is 1. The smallest absolute Gasteiger partial charge is 0.255 e. The van der Waals surface area contributed by atoms with E-state index in [1.807, 2.05) is 32.1 Å². The van der Waals surface area contributed by atoms with Crippen LogP contribution >= 0.6 is 0 Å². The predicted molar refractivity (Wildman–Crippen MR) is 155 cm³/mol. The first-order valence-electron chi connectivity index (χ1n) is 12.8. The van der Waals surface area contributed by atoms with Crippen molar-refractivity contribution in [2.75, 3.05) is 45.0 Å². The molecule has 9 nitrogen and oxygen atoms in total. The Hall–Kier alpha value is -3.54. The number of amides is 1. The Balaban J connectivity index is 2.13. The summed E-state index contributed by atoms with van der Waals surface area (Å²) in [4.78, 5) is 17.5. The second kappa shape index (κ2) is 13.7. The number of methoxy groups -OCH3 is 2. The van der Waals surface area contributed by atoms with Gasteiger partial charge in [0.2, 0.25) is 15.7 Å². The van der Waals surface area contributed by atoms with E-state index in [4.69, 9.17) is 13.9 Å². The first kappa shape index (κ1) is 31.0. The van der Waals surface area contributed by atoms with Crippen LogP contribution in [0.1, 0.15) is 36.2 Å². The number of ether oxygens (including phenoxy) is 2. The molecule has 3 rings (SSSR count). The summed E-state index contributed by atoms with van der Waals surface area (Å²) in [6.07, 6.45) is 7.50.